The van der Waals surface area contributed by atoms with Gasteiger partial charge in [0.1, 0.15) is 0 Å². The molecule has 2 heteroatoms. The van der Waals surface area contributed by atoms with Crippen LogP contribution in [0.5, 0.6) is 0 Å². The van der Waals surface area contributed by atoms with Crippen molar-refractivity contribution in [2.24, 2.45) is 0 Å². The molecule has 1 aliphatic rings. The predicted molar refractivity (Wildman–Crippen MR) is 64.9 cm³/mol. The lowest BCUT2D eigenvalue weighted by atomic mass is 10.0. The van der Waals surface area contributed by atoms with Gasteiger partial charge < -0.3 is 0 Å². The number of piperidine rings is 1. The zero-order valence-electron chi connectivity index (χ0n) is 9.65. The number of hydrogen-bond donors (Lipinski definition) is 0. The van der Waals surface area contributed by atoms with Gasteiger partial charge in [-0.3, -0.25) is 4.90 Å². The molecule has 0 unspecified atom stereocenters. The second-order valence-corrected chi connectivity index (χ2v) is 4.44. The third-order valence-electron chi connectivity index (χ3n) is 3.23. The summed E-state index contributed by atoms with van der Waals surface area (Å²) in [4.78, 5) is 2.50. The molecule has 1 heterocycles. The van der Waals surface area contributed by atoms with Gasteiger partial charge in [-0.05, 0) is 37.1 Å². The van der Waals surface area contributed by atoms with Crippen LogP contribution in [-0.4, -0.2) is 18.0 Å². The summed E-state index contributed by atoms with van der Waals surface area (Å²) in [5.74, 6) is 0. The van der Waals surface area contributed by atoms with E-state index in [0.717, 1.165) is 6.54 Å². The van der Waals surface area contributed by atoms with E-state index in [1.807, 2.05) is 6.07 Å². The molecule has 1 saturated heterocycles. The van der Waals surface area contributed by atoms with Crippen molar-refractivity contribution in [2.45, 2.75) is 32.2 Å². The smallest absolute Gasteiger partial charge is 0.0669 e. The van der Waals surface area contributed by atoms with E-state index >= 15 is 0 Å². The third kappa shape index (κ3) is 2.84. The Bertz CT molecular complexity index is 373. The fraction of sp³-hybridized carbons (Fsp3) is 0.500. The van der Waals surface area contributed by atoms with Crippen LogP contribution in [0.2, 0.25) is 0 Å². The average Bonchev–Trinajstić information content (AvgIpc) is 2.33. The van der Waals surface area contributed by atoms with Gasteiger partial charge in [0.25, 0.3) is 0 Å². The predicted octanol–water partition coefficient (Wildman–Crippen LogP) is 2.74. The SMILES string of the molecule is N#CCc1ccccc1CN1CCCCC1. The summed E-state index contributed by atoms with van der Waals surface area (Å²) in [6.07, 6.45) is 4.54. The molecule has 16 heavy (non-hydrogen) atoms. The van der Waals surface area contributed by atoms with Crippen LogP contribution in [0.3, 0.4) is 0 Å². The average molecular weight is 214 g/mol. The zero-order chi connectivity index (χ0) is 11.2. The highest BCUT2D eigenvalue weighted by atomic mass is 15.1. The van der Waals surface area contributed by atoms with Gasteiger partial charge in [-0.2, -0.15) is 5.26 Å². The minimum absolute atomic E-state index is 0.532. The molecule has 0 bridgehead atoms. The molecule has 1 aromatic carbocycles. The zero-order valence-corrected chi connectivity index (χ0v) is 9.65. The summed E-state index contributed by atoms with van der Waals surface area (Å²) in [5.41, 5.74) is 2.52. The second kappa shape index (κ2) is 5.67. The minimum atomic E-state index is 0.532. The minimum Gasteiger partial charge on any atom is -0.299 e. The molecular weight excluding hydrogens is 196 g/mol. The van der Waals surface area contributed by atoms with Crippen molar-refractivity contribution in [3.8, 4) is 6.07 Å². The third-order valence-corrected chi connectivity index (χ3v) is 3.23. The Morgan fingerprint density at radius 1 is 1.06 bits per heavy atom. The van der Waals surface area contributed by atoms with Crippen molar-refractivity contribution >= 4 is 0 Å². The highest BCUT2D eigenvalue weighted by Crippen LogP contribution is 2.16. The van der Waals surface area contributed by atoms with Crippen molar-refractivity contribution in [3.05, 3.63) is 35.4 Å². The van der Waals surface area contributed by atoms with Crippen molar-refractivity contribution in [1.82, 2.24) is 4.90 Å². The molecule has 0 spiro atoms. The van der Waals surface area contributed by atoms with E-state index in [1.54, 1.807) is 0 Å². The van der Waals surface area contributed by atoms with Gasteiger partial charge in [-0.25, -0.2) is 0 Å². The Kier molecular flexibility index (Phi) is 3.96. The first-order valence-electron chi connectivity index (χ1n) is 6.06. The van der Waals surface area contributed by atoms with Crippen LogP contribution < -0.4 is 0 Å². The molecule has 1 aromatic rings. The molecule has 0 amide bonds. The van der Waals surface area contributed by atoms with Crippen LogP contribution in [-0.2, 0) is 13.0 Å². The van der Waals surface area contributed by atoms with Crippen molar-refractivity contribution < 1.29 is 0 Å². The summed E-state index contributed by atoms with van der Waals surface area (Å²) in [6.45, 7) is 3.43. The van der Waals surface area contributed by atoms with E-state index in [-0.39, 0.29) is 0 Å². The van der Waals surface area contributed by atoms with Gasteiger partial charge in [0.2, 0.25) is 0 Å². The second-order valence-electron chi connectivity index (χ2n) is 4.44. The number of nitrogens with zero attached hydrogens (tertiary/aromatic N) is 2. The normalized spacial score (nSPS) is 16.9. The molecule has 0 aromatic heterocycles. The van der Waals surface area contributed by atoms with E-state index in [4.69, 9.17) is 5.26 Å². The van der Waals surface area contributed by atoms with Gasteiger partial charge in [-0.1, -0.05) is 30.7 Å². The van der Waals surface area contributed by atoms with Gasteiger partial charge in [-0.15, -0.1) is 0 Å². The van der Waals surface area contributed by atoms with Gasteiger partial charge >= 0.3 is 0 Å². The van der Waals surface area contributed by atoms with E-state index < -0.39 is 0 Å². The topological polar surface area (TPSA) is 27.0 Å². The first-order valence-corrected chi connectivity index (χ1v) is 6.06. The molecule has 0 aliphatic carbocycles. The summed E-state index contributed by atoms with van der Waals surface area (Å²) in [6, 6.07) is 10.6. The summed E-state index contributed by atoms with van der Waals surface area (Å²) < 4.78 is 0. The number of hydrogen-bond acceptors (Lipinski definition) is 2. The largest absolute Gasteiger partial charge is 0.299 e. The van der Waals surface area contributed by atoms with E-state index in [9.17, 15) is 0 Å². The number of likely N-dealkylation sites (tertiary alicyclic amines) is 1. The standard InChI is InChI=1S/C14H18N2/c15-9-8-13-6-2-3-7-14(13)12-16-10-4-1-5-11-16/h2-3,6-7H,1,4-5,8,10-12H2. The molecular formula is C14H18N2. The van der Waals surface area contributed by atoms with Crippen molar-refractivity contribution in [3.63, 3.8) is 0 Å². The molecule has 0 atom stereocenters. The van der Waals surface area contributed by atoms with Gasteiger partial charge in [0, 0.05) is 6.54 Å². The molecule has 0 saturated carbocycles. The lowest BCUT2D eigenvalue weighted by Crippen LogP contribution is -2.29. The fourth-order valence-electron chi connectivity index (χ4n) is 2.33. The van der Waals surface area contributed by atoms with Gasteiger partial charge in [0.15, 0.2) is 0 Å². The summed E-state index contributed by atoms with van der Waals surface area (Å²) in [5, 5.41) is 8.79. The highest BCUT2D eigenvalue weighted by Gasteiger charge is 2.11. The lowest BCUT2D eigenvalue weighted by molar-refractivity contribution is 0.220. The molecule has 1 aliphatic heterocycles. The number of benzene rings is 1. The molecule has 2 nitrogen and oxygen atoms in total. The highest BCUT2D eigenvalue weighted by molar-refractivity contribution is 5.29. The Labute approximate surface area is 97.5 Å². The van der Waals surface area contributed by atoms with E-state index in [0.29, 0.717) is 6.42 Å². The molecule has 2 rings (SSSR count). The van der Waals surface area contributed by atoms with Crippen LogP contribution in [0.1, 0.15) is 30.4 Å². The fourth-order valence-corrected chi connectivity index (χ4v) is 2.33. The number of nitriles is 1. The first kappa shape index (κ1) is 11.2. The van der Waals surface area contributed by atoms with Crippen LogP contribution >= 0.6 is 0 Å². The lowest BCUT2D eigenvalue weighted by Gasteiger charge is -2.27. The monoisotopic (exact) mass is 214 g/mol. The quantitative estimate of drug-likeness (QED) is 0.773. The number of rotatable bonds is 3. The Morgan fingerprint density at radius 2 is 1.75 bits per heavy atom. The van der Waals surface area contributed by atoms with E-state index in [1.165, 1.54) is 43.5 Å². The van der Waals surface area contributed by atoms with E-state index in [2.05, 4.69) is 29.2 Å². The molecule has 0 N–H and O–H groups in total. The Balaban J connectivity index is 2.05. The van der Waals surface area contributed by atoms with Crippen molar-refractivity contribution in [1.29, 1.82) is 5.26 Å². The van der Waals surface area contributed by atoms with Crippen LogP contribution in [0.15, 0.2) is 24.3 Å². The van der Waals surface area contributed by atoms with Crippen molar-refractivity contribution in [2.75, 3.05) is 13.1 Å². The molecule has 0 radical (unpaired) electrons. The summed E-state index contributed by atoms with van der Waals surface area (Å²) >= 11 is 0. The summed E-state index contributed by atoms with van der Waals surface area (Å²) in [7, 11) is 0. The maximum Gasteiger partial charge on any atom is 0.0669 e. The van der Waals surface area contributed by atoms with Crippen LogP contribution in [0.25, 0.3) is 0 Å². The maximum atomic E-state index is 8.79. The van der Waals surface area contributed by atoms with Crippen LogP contribution in [0.4, 0.5) is 0 Å². The molecule has 1 fully saturated rings. The Morgan fingerprint density at radius 3 is 2.44 bits per heavy atom. The maximum absolute atomic E-state index is 8.79. The Hall–Kier alpha value is -1.33. The first-order chi connectivity index (χ1) is 7.90. The van der Waals surface area contributed by atoms with Gasteiger partial charge in [0.05, 0.1) is 12.5 Å². The van der Waals surface area contributed by atoms with Crippen LogP contribution in [0, 0.1) is 11.3 Å². The molecule has 84 valence electrons.